The molecule has 2 aromatic carbocycles. The number of allylic oxidation sites excluding steroid dienone is 4. The second-order valence-corrected chi connectivity index (χ2v) is 10.4. The average Bonchev–Trinajstić information content (AvgIpc) is 3.22. The molecule has 0 atom stereocenters. The number of likely N-dealkylation sites (tertiary alicyclic amines) is 1. The second kappa shape index (κ2) is 12.4. The van der Waals surface area contributed by atoms with E-state index in [0.29, 0.717) is 55.3 Å². The molecule has 1 aromatic heterocycles. The highest BCUT2D eigenvalue weighted by atomic mass is 19.1. The predicted octanol–water partition coefficient (Wildman–Crippen LogP) is 5.07. The Bertz CT molecular complexity index is 1500. The fourth-order valence-corrected chi connectivity index (χ4v) is 5.44. The molecule has 208 valence electrons. The number of aryl methyl sites for hydroxylation is 1. The first kappa shape index (κ1) is 27.5. The van der Waals surface area contributed by atoms with Crippen LogP contribution in [-0.2, 0) is 16.1 Å². The summed E-state index contributed by atoms with van der Waals surface area (Å²) in [7, 11) is 1.61. The molecule has 2 aliphatic rings. The van der Waals surface area contributed by atoms with E-state index in [1.54, 1.807) is 19.2 Å². The number of aromatic nitrogens is 2. The third-order valence-corrected chi connectivity index (χ3v) is 7.76. The number of nitrogens with one attached hydrogen (secondary N) is 1. The van der Waals surface area contributed by atoms with Gasteiger partial charge in [-0.25, -0.2) is 4.39 Å². The molecule has 2 amide bonds. The Labute approximate surface area is 234 Å². The Morgan fingerprint density at radius 1 is 1.12 bits per heavy atom. The maximum atomic E-state index is 14.2. The number of carbonyl (C=O) groups excluding carboxylic acids is 2. The number of halogens is 1. The van der Waals surface area contributed by atoms with Crippen LogP contribution in [0.4, 0.5) is 4.39 Å². The van der Waals surface area contributed by atoms with Crippen molar-refractivity contribution in [2.75, 3.05) is 33.4 Å². The number of rotatable bonds is 8. The topological polar surface area (TPSA) is 76.5 Å². The summed E-state index contributed by atoms with van der Waals surface area (Å²) in [6.45, 7) is 5.02. The molecule has 7 nitrogen and oxygen atoms in total. The van der Waals surface area contributed by atoms with Crippen molar-refractivity contribution >= 4 is 28.3 Å². The van der Waals surface area contributed by atoms with Gasteiger partial charge >= 0.3 is 0 Å². The molecule has 40 heavy (non-hydrogen) atoms. The van der Waals surface area contributed by atoms with Crippen LogP contribution >= 0.6 is 0 Å². The van der Waals surface area contributed by atoms with Gasteiger partial charge in [0.15, 0.2) is 0 Å². The number of nitrogens with zero attached hydrogens (tertiary/aromatic N) is 3. The van der Waals surface area contributed by atoms with E-state index >= 15 is 0 Å². The molecule has 0 unspecified atom stereocenters. The standard InChI is InChI=1S/C32H35FN4O3/c1-22-26(31(38)34-16-19-40-2)12-13-30-28(22)21-37(35-30)20-23-14-17-36(18-15-23)32(39)25-7-5-6-24(10-11-25)27-8-3-4-9-29(27)33/h3-5,7-13,21,23H,6,14-20H2,1-2H3,(H,34,38). The molecule has 1 aliphatic heterocycles. The lowest BCUT2D eigenvalue weighted by molar-refractivity contribution is -0.128. The third-order valence-electron chi connectivity index (χ3n) is 7.76. The SMILES string of the molecule is COCCNC(=O)c1ccc2nn(CC3CCN(C(=O)C4=CC=C(c5ccccc5F)CC=C4)CC3)cc2c1C. The number of hydrogen-bond donors (Lipinski definition) is 1. The normalized spacial score (nSPS) is 16.0. The Morgan fingerprint density at radius 2 is 1.93 bits per heavy atom. The highest BCUT2D eigenvalue weighted by molar-refractivity contribution is 6.00. The largest absolute Gasteiger partial charge is 0.383 e. The van der Waals surface area contributed by atoms with E-state index in [4.69, 9.17) is 9.84 Å². The van der Waals surface area contributed by atoms with Crippen LogP contribution in [0, 0.1) is 18.7 Å². The molecule has 1 saturated heterocycles. The van der Waals surface area contributed by atoms with Gasteiger partial charge in [-0.15, -0.1) is 0 Å². The molecule has 0 saturated carbocycles. The van der Waals surface area contributed by atoms with Crippen LogP contribution in [0.1, 0.15) is 40.7 Å². The Balaban J connectivity index is 1.19. The average molecular weight is 543 g/mol. The predicted molar refractivity (Wildman–Crippen MR) is 154 cm³/mol. The van der Waals surface area contributed by atoms with E-state index in [0.717, 1.165) is 41.4 Å². The number of methoxy groups -OCH3 is 1. The highest BCUT2D eigenvalue weighted by Crippen LogP contribution is 2.27. The van der Waals surface area contributed by atoms with Gasteiger partial charge in [0.05, 0.1) is 12.1 Å². The van der Waals surface area contributed by atoms with Crippen LogP contribution < -0.4 is 5.32 Å². The zero-order valence-corrected chi connectivity index (χ0v) is 23.0. The third kappa shape index (κ3) is 6.07. The lowest BCUT2D eigenvalue weighted by Gasteiger charge is -2.32. The Hall–Kier alpha value is -4.04. The Kier molecular flexibility index (Phi) is 8.55. The van der Waals surface area contributed by atoms with E-state index in [1.807, 2.05) is 65.2 Å². The zero-order chi connectivity index (χ0) is 28.1. The van der Waals surface area contributed by atoms with Crippen LogP contribution in [0.25, 0.3) is 16.5 Å². The summed E-state index contributed by atoms with van der Waals surface area (Å²) in [6, 6.07) is 10.4. The minimum Gasteiger partial charge on any atom is -0.383 e. The molecule has 0 radical (unpaired) electrons. The molecule has 1 fully saturated rings. The maximum Gasteiger partial charge on any atom is 0.253 e. The lowest BCUT2D eigenvalue weighted by atomic mass is 9.96. The van der Waals surface area contributed by atoms with Gasteiger partial charge < -0.3 is 15.0 Å². The van der Waals surface area contributed by atoms with Gasteiger partial charge in [-0.05, 0) is 67.5 Å². The van der Waals surface area contributed by atoms with Crippen molar-refractivity contribution in [3.63, 3.8) is 0 Å². The minimum atomic E-state index is -0.253. The van der Waals surface area contributed by atoms with Crippen molar-refractivity contribution in [3.8, 4) is 0 Å². The van der Waals surface area contributed by atoms with Crippen LogP contribution in [-0.4, -0.2) is 59.8 Å². The summed E-state index contributed by atoms with van der Waals surface area (Å²) < 4.78 is 21.2. The second-order valence-electron chi connectivity index (χ2n) is 10.4. The summed E-state index contributed by atoms with van der Waals surface area (Å²) >= 11 is 0. The van der Waals surface area contributed by atoms with E-state index in [-0.39, 0.29) is 17.6 Å². The quantitative estimate of drug-likeness (QED) is 0.404. The van der Waals surface area contributed by atoms with Crippen molar-refractivity contribution in [2.24, 2.45) is 5.92 Å². The molecule has 0 spiro atoms. The van der Waals surface area contributed by atoms with E-state index in [1.165, 1.54) is 6.07 Å². The van der Waals surface area contributed by atoms with Gasteiger partial charge in [0.2, 0.25) is 0 Å². The van der Waals surface area contributed by atoms with Gasteiger partial charge in [0, 0.05) is 61.6 Å². The first-order chi connectivity index (χ1) is 19.4. The molecule has 3 aromatic rings. The zero-order valence-electron chi connectivity index (χ0n) is 23.0. The first-order valence-electron chi connectivity index (χ1n) is 13.8. The van der Waals surface area contributed by atoms with Gasteiger partial charge in [-0.2, -0.15) is 5.10 Å². The number of piperidine rings is 1. The number of amides is 2. The van der Waals surface area contributed by atoms with Crippen molar-refractivity contribution in [1.29, 1.82) is 0 Å². The molecule has 0 bridgehead atoms. The van der Waals surface area contributed by atoms with Crippen LogP contribution in [0.15, 0.2) is 72.5 Å². The maximum absolute atomic E-state index is 14.2. The van der Waals surface area contributed by atoms with E-state index < -0.39 is 0 Å². The van der Waals surface area contributed by atoms with Gasteiger partial charge in [0.1, 0.15) is 5.82 Å². The fraction of sp³-hybridized carbons (Fsp3) is 0.344. The fourth-order valence-electron chi connectivity index (χ4n) is 5.44. The van der Waals surface area contributed by atoms with Crippen LogP contribution in [0.2, 0.25) is 0 Å². The molecule has 1 N–H and O–H groups in total. The summed E-state index contributed by atoms with van der Waals surface area (Å²) in [6.07, 6.45) is 11.8. The first-order valence-corrected chi connectivity index (χ1v) is 13.8. The molecular formula is C32H35FN4O3. The highest BCUT2D eigenvalue weighted by Gasteiger charge is 2.25. The van der Waals surface area contributed by atoms with E-state index in [9.17, 15) is 14.0 Å². The number of benzene rings is 2. The monoisotopic (exact) mass is 542 g/mol. The number of hydrogen-bond acceptors (Lipinski definition) is 4. The smallest absolute Gasteiger partial charge is 0.253 e. The van der Waals surface area contributed by atoms with Crippen molar-refractivity contribution < 1.29 is 18.7 Å². The summed E-state index contributed by atoms with van der Waals surface area (Å²) in [5.41, 5.74) is 4.48. The minimum absolute atomic E-state index is 0.0116. The van der Waals surface area contributed by atoms with E-state index in [2.05, 4.69) is 5.32 Å². The molecule has 8 heteroatoms. The molecule has 1 aliphatic carbocycles. The van der Waals surface area contributed by atoms with Gasteiger partial charge in [0.25, 0.3) is 11.8 Å². The number of ether oxygens (including phenoxy) is 1. The van der Waals surface area contributed by atoms with Crippen molar-refractivity contribution in [2.45, 2.75) is 32.7 Å². The lowest BCUT2D eigenvalue weighted by Crippen LogP contribution is -2.39. The molecule has 2 heterocycles. The van der Waals surface area contributed by atoms with Crippen molar-refractivity contribution in [1.82, 2.24) is 20.0 Å². The summed E-state index contributed by atoms with van der Waals surface area (Å²) in [4.78, 5) is 27.7. The number of fused-ring (bicyclic) bond motifs is 1. The Morgan fingerprint density at radius 3 is 2.70 bits per heavy atom. The van der Waals surface area contributed by atoms with Gasteiger partial charge in [-0.3, -0.25) is 14.3 Å². The molecule has 5 rings (SSSR count). The van der Waals surface area contributed by atoms with Crippen LogP contribution in [0.5, 0.6) is 0 Å². The summed E-state index contributed by atoms with van der Waals surface area (Å²) in [5, 5.41) is 8.61. The van der Waals surface area contributed by atoms with Crippen LogP contribution in [0.3, 0.4) is 0 Å². The molecular weight excluding hydrogens is 507 g/mol. The van der Waals surface area contributed by atoms with Gasteiger partial charge in [-0.1, -0.05) is 36.4 Å². The number of carbonyl (C=O) groups is 2. The summed E-state index contributed by atoms with van der Waals surface area (Å²) in [5.74, 6) is 0.0505. The van der Waals surface area contributed by atoms with Crippen molar-refractivity contribution in [3.05, 3.63) is 95.0 Å².